The molecule has 0 heterocycles. The lowest BCUT2D eigenvalue weighted by atomic mass is 10.1. The summed E-state index contributed by atoms with van der Waals surface area (Å²) in [6, 6.07) is 5.23. The Morgan fingerprint density at radius 3 is 2.47 bits per heavy atom. The molecule has 0 aromatic heterocycles. The fourth-order valence-corrected chi connectivity index (χ4v) is 1.31. The van der Waals surface area contributed by atoms with E-state index in [1.54, 1.807) is 18.2 Å². The zero-order valence-electron chi connectivity index (χ0n) is 9.91. The van der Waals surface area contributed by atoms with E-state index in [0.717, 1.165) is 0 Å². The molecule has 0 spiro atoms. The van der Waals surface area contributed by atoms with E-state index >= 15 is 0 Å². The van der Waals surface area contributed by atoms with Crippen LogP contribution in [0.5, 0.6) is 5.75 Å². The van der Waals surface area contributed by atoms with Gasteiger partial charge in [0.25, 0.3) is 5.78 Å². The molecule has 7 nitrogen and oxygen atoms in total. The standard InChI is InChI=1S/C12H13NO6/c13-8(5-7-3-1-2-4-9(7)14)12(18)19-6-10(15)11(16)17/h1-4,8,14H,5-6,13H2,(H,16,17). The lowest BCUT2D eigenvalue weighted by Crippen LogP contribution is -2.36. The van der Waals surface area contributed by atoms with Crippen molar-refractivity contribution < 1.29 is 29.3 Å². The van der Waals surface area contributed by atoms with Crippen molar-refractivity contribution in [1.82, 2.24) is 0 Å². The molecule has 0 bridgehead atoms. The minimum atomic E-state index is -1.68. The van der Waals surface area contributed by atoms with Crippen LogP contribution in [0.2, 0.25) is 0 Å². The first-order valence-electron chi connectivity index (χ1n) is 5.37. The summed E-state index contributed by atoms with van der Waals surface area (Å²) >= 11 is 0. The van der Waals surface area contributed by atoms with Crippen molar-refractivity contribution in [1.29, 1.82) is 0 Å². The van der Waals surface area contributed by atoms with Crippen molar-refractivity contribution in [2.24, 2.45) is 5.73 Å². The van der Waals surface area contributed by atoms with Gasteiger partial charge < -0.3 is 20.7 Å². The molecule has 0 aliphatic rings. The van der Waals surface area contributed by atoms with Crippen molar-refractivity contribution in [3.63, 3.8) is 0 Å². The molecule has 0 radical (unpaired) electrons. The number of phenols is 1. The maximum Gasteiger partial charge on any atom is 0.375 e. The van der Waals surface area contributed by atoms with Gasteiger partial charge in [-0.1, -0.05) is 18.2 Å². The van der Waals surface area contributed by atoms with Gasteiger partial charge >= 0.3 is 11.9 Å². The predicted molar refractivity (Wildman–Crippen MR) is 63.4 cm³/mol. The highest BCUT2D eigenvalue weighted by Gasteiger charge is 2.20. The Labute approximate surface area is 108 Å². The van der Waals surface area contributed by atoms with Gasteiger partial charge in [0.2, 0.25) is 0 Å². The number of esters is 1. The Balaban J connectivity index is 2.52. The van der Waals surface area contributed by atoms with E-state index < -0.39 is 30.4 Å². The van der Waals surface area contributed by atoms with Gasteiger partial charge in [-0.2, -0.15) is 0 Å². The van der Waals surface area contributed by atoms with Gasteiger partial charge in [-0.3, -0.25) is 9.59 Å². The molecule has 0 fully saturated rings. The fraction of sp³-hybridized carbons (Fsp3) is 0.250. The number of Topliss-reactive ketones (excluding diaryl/α,β-unsaturated/α-hetero) is 1. The van der Waals surface area contributed by atoms with Crippen molar-refractivity contribution in [3.8, 4) is 5.75 Å². The van der Waals surface area contributed by atoms with Crippen molar-refractivity contribution in [3.05, 3.63) is 29.8 Å². The van der Waals surface area contributed by atoms with Crippen LogP contribution in [-0.4, -0.2) is 40.6 Å². The van der Waals surface area contributed by atoms with E-state index in [-0.39, 0.29) is 12.2 Å². The molecule has 1 atom stereocenters. The molecule has 4 N–H and O–H groups in total. The molecule has 0 saturated carbocycles. The number of carboxylic acid groups (broad SMARTS) is 1. The van der Waals surface area contributed by atoms with Gasteiger partial charge in [-0.25, -0.2) is 4.79 Å². The van der Waals surface area contributed by atoms with E-state index in [4.69, 9.17) is 10.8 Å². The fourth-order valence-electron chi connectivity index (χ4n) is 1.31. The summed E-state index contributed by atoms with van der Waals surface area (Å²) in [5.74, 6) is -3.82. The van der Waals surface area contributed by atoms with E-state index in [0.29, 0.717) is 5.56 Å². The van der Waals surface area contributed by atoms with Crippen LogP contribution in [0, 0.1) is 0 Å². The number of carboxylic acids is 1. The third-order valence-electron chi connectivity index (χ3n) is 2.32. The summed E-state index contributed by atoms with van der Waals surface area (Å²) in [5.41, 5.74) is 5.99. The van der Waals surface area contributed by atoms with Crippen LogP contribution in [-0.2, 0) is 25.5 Å². The number of nitrogens with two attached hydrogens (primary N) is 1. The highest BCUT2D eigenvalue weighted by molar-refractivity contribution is 6.33. The van der Waals surface area contributed by atoms with Crippen molar-refractivity contribution in [2.45, 2.75) is 12.5 Å². The first kappa shape index (κ1) is 14.7. The topological polar surface area (TPSA) is 127 Å². The number of ether oxygens (including phenoxy) is 1. The summed E-state index contributed by atoms with van der Waals surface area (Å²) < 4.78 is 4.46. The van der Waals surface area contributed by atoms with Crippen LogP contribution in [0.15, 0.2) is 24.3 Å². The van der Waals surface area contributed by atoms with E-state index in [1.807, 2.05) is 0 Å². The molecule has 0 saturated heterocycles. The number of para-hydroxylation sites is 1. The smallest absolute Gasteiger partial charge is 0.375 e. The second-order valence-electron chi connectivity index (χ2n) is 3.78. The number of benzene rings is 1. The Kier molecular flexibility index (Phi) is 5.01. The molecule has 1 aromatic rings. The number of ketones is 1. The molecule has 1 aromatic carbocycles. The Morgan fingerprint density at radius 2 is 1.89 bits per heavy atom. The van der Waals surface area contributed by atoms with E-state index in [1.165, 1.54) is 6.07 Å². The molecule has 102 valence electrons. The quantitative estimate of drug-likeness (QED) is 0.466. The number of rotatable bonds is 6. The molecule has 1 rings (SSSR count). The summed E-state index contributed by atoms with van der Waals surface area (Å²) in [6.45, 7) is -0.858. The lowest BCUT2D eigenvalue weighted by molar-refractivity contribution is -0.156. The van der Waals surface area contributed by atoms with Crippen molar-refractivity contribution in [2.75, 3.05) is 6.61 Å². The maximum atomic E-state index is 11.4. The number of carbonyl (C=O) groups excluding carboxylic acids is 2. The monoisotopic (exact) mass is 267 g/mol. The van der Waals surface area contributed by atoms with Crippen molar-refractivity contribution >= 4 is 17.7 Å². The van der Waals surface area contributed by atoms with Crippen LogP contribution >= 0.6 is 0 Å². The second kappa shape index (κ2) is 6.50. The Bertz CT molecular complexity index is 499. The number of aromatic hydroxyl groups is 1. The minimum absolute atomic E-state index is 0.00707. The SMILES string of the molecule is NC(Cc1ccccc1O)C(=O)OCC(=O)C(=O)O. The van der Waals surface area contributed by atoms with Crippen LogP contribution in [0.3, 0.4) is 0 Å². The third-order valence-corrected chi connectivity index (χ3v) is 2.32. The highest BCUT2D eigenvalue weighted by atomic mass is 16.5. The molecule has 0 aliphatic heterocycles. The van der Waals surface area contributed by atoms with Crippen LogP contribution in [0.25, 0.3) is 0 Å². The zero-order valence-corrected chi connectivity index (χ0v) is 9.91. The normalized spacial score (nSPS) is 11.6. The average Bonchev–Trinajstić information content (AvgIpc) is 2.37. The molecule has 7 heteroatoms. The first-order chi connectivity index (χ1) is 8.91. The van der Waals surface area contributed by atoms with E-state index in [9.17, 15) is 19.5 Å². The van der Waals surface area contributed by atoms with Gasteiger partial charge in [0.15, 0.2) is 6.61 Å². The largest absolute Gasteiger partial charge is 0.508 e. The highest BCUT2D eigenvalue weighted by Crippen LogP contribution is 2.17. The zero-order chi connectivity index (χ0) is 14.4. The van der Waals surface area contributed by atoms with Crippen LogP contribution < -0.4 is 5.73 Å². The maximum absolute atomic E-state index is 11.4. The lowest BCUT2D eigenvalue weighted by Gasteiger charge is -2.11. The Hall–Kier alpha value is -2.41. The van der Waals surface area contributed by atoms with Gasteiger partial charge in [0, 0.05) is 6.42 Å². The number of carbonyl (C=O) groups is 3. The molecule has 1 unspecified atom stereocenters. The van der Waals surface area contributed by atoms with Gasteiger partial charge in [0.05, 0.1) is 0 Å². The number of aliphatic carboxylic acids is 1. The Morgan fingerprint density at radius 1 is 1.26 bits per heavy atom. The van der Waals surface area contributed by atoms with Crippen LogP contribution in [0.1, 0.15) is 5.56 Å². The number of hydrogen-bond acceptors (Lipinski definition) is 6. The minimum Gasteiger partial charge on any atom is -0.508 e. The van der Waals surface area contributed by atoms with Crippen LogP contribution in [0.4, 0.5) is 0 Å². The summed E-state index contributed by atoms with van der Waals surface area (Å²) in [6.07, 6.45) is 0.0206. The summed E-state index contributed by atoms with van der Waals surface area (Å²) in [4.78, 5) is 32.3. The predicted octanol–water partition coefficient (Wildman–Crippen LogP) is -0.541. The molecule has 0 aliphatic carbocycles. The molecule has 0 amide bonds. The molecule has 19 heavy (non-hydrogen) atoms. The summed E-state index contributed by atoms with van der Waals surface area (Å²) in [7, 11) is 0. The molecular formula is C12H13NO6. The summed E-state index contributed by atoms with van der Waals surface area (Å²) in [5, 5.41) is 17.8. The van der Waals surface area contributed by atoms with Gasteiger partial charge in [-0.15, -0.1) is 0 Å². The first-order valence-corrected chi connectivity index (χ1v) is 5.37. The second-order valence-corrected chi connectivity index (χ2v) is 3.78. The van der Waals surface area contributed by atoms with Gasteiger partial charge in [-0.05, 0) is 11.6 Å². The number of hydrogen-bond donors (Lipinski definition) is 3. The average molecular weight is 267 g/mol. The molecular weight excluding hydrogens is 254 g/mol. The van der Waals surface area contributed by atoms with Gasteiger partial charge in [0.1, 0.15) is 11.8 Å². The third kappa shape index (κ3) is 4.40. The number of phenolic OH excluding ortho intramolecular Hbond substituents is 1. The van der Waals surface area contributed by atoms with E-state index in [2.05, 4.69) is 4.74 Å².